The Kier molecular flexibility index (Phi) is 7.28. The van der Waals surface area contributed by atoms with Gasteiger partial charge in [0, 0.05) is 18.2 Å². The van der Waals surface area contributed by atoms with Gasteiger partial charge in [-0.25, -0.2) is 0 Å². The largest absolute Gasteiger partial charge is 0.489 e. The van der Waals surface area contributed by atoms with Crippen molar-refractivity contribution in [1.29, 1.82) is 5.26 Å². The van der Waals surface area contributed by atoms with Crippen molar-refractivity contribution in [3.63, 3.8) is 0 Å². The number of nitriles is 1. The van der Waals surface area contributed by atoms with E-state index < -0.39 is 10.8 Å². The van der Waals surface area contributed by atoms with E-state index in [9.17, 15) is 20.2 Å². The Labute approximate surface area is 163 Å². The van der Waals surface area contributed by atoms with E-state index in [0.29, 0.717) is 11.3 Å². The third-order valence-electron chi connectivity index (χ3n) is 4.10. The highest BCUT2D eigenvalue weighted by Gasteiger charge is 2.11. The molecule has 2 rings (SSSR count). The van der Waals surface area contributed by atoms with Gasteiger partial charge in [0.25, 0.3) is 11.6 Å². The first-order valence-electron chi connectivity index (χ1n) is 8.81. The van der Waals surface area contributed by atoms with Crippen molar-refractivity contribution in [3.8, 4) is 11.8 Å². The number of hydrogen-bond donors (Lipinski definition) is 1. The number of hydrogen-bond acceptors (Lipinski definition) is 5. The normalized spacial score (nSPS) is 12.0. The van der Waals surface area contributed by atoms with Crippen molar-refractivity contribution >= 4 is 17.7 Å². The van der Waals surface area contributed by atoms with E-state index in [1.54, 1.807) is 36.4 Å². The highest BCUT2D eigenvalue weighted by atomic mass is 16.6. The van der Waals surface area contributed by atoms with Gasteiger partial charge in [-0.05, 0) is 54.8 Å². The molecule has 0 spiro atoms. The lowest BCUT2D eigenvalue weighted by Crippen LogP contribution is -2.32. The third kappa shape index (κ3) is 5.95. The summed E-state index contributed by atoms with van der Waals surface area (Å²) in [5.41, 5.74) is 1.59. The fourth-order valence-corrected chi connectivity index (χ4v) is 2.26. The summed E-state index contributed by atoms with van der Waals surface area (Å²) in [6.45, 7) is 4.11. The number of nitrogens with one attached hydrogen (secondary N) is 1. The maximum absolute atomic E-state index is 12.1. The molecule has 0 fully saturated rings. The molecule has 0 heterocycles. The van der Waals surface area contributed by atoms with E-state index in [2.05, 4.69) is 5.32 Å². The van der Waals surface area contributed by atoms with Gasteiger partial charge in [-0.3, -0.25) is 14.9 Å². The van der Waals surface area contributed by atoms with Crippen LogP contribution in [0.5, 0.6) is 5.75 Å². The zero-order valence-electron chi connectivity index (χ0n) is 15.7. The van der Waals surface area contributed by atoms with Gasteiger partial charge >= 0.3 is 0 Å². The summed E-state index contributed by atoms with van der Waals surface area (Å²) >= 11 is 0. The van der Waals surface area contributed by atoms with Gasteiger partial charge in [-0.1, -0.05) is 19.1 Å². The zero-order chi connectivity index (χ0) is 20.5. The molecule has 0 aliphatic carbocycles. The van der Waals surface area contributed by atoms with Crippen LogP contribution in [-0.4, -0.2) is 16.9 Å². The van der Waals surface area contributed by atoms with Crippen LogP contribution >= 0.6 is 0 Å². The van der Waals surface area contributed by atoms with Gasteiger partial charge in [0.2, 0.25) is 0 Å². The number of nitrogens with zero attached hydrogens (tertiary/aromatic N) is 2. The van der Waals surface area contributed by atoms with Crippen LogP contribution in [0.3, 0.4) is 0 Å². The van der Waals surface area contributed by atoms with Crippen LogP contribution in [-0.2, 0) is 11.4 Å². The highest BCUT2D eigenvalue weighted by molar-refractivity contribution is 6.01. The predicted octanol–water partition coefficient (Wildman–Crippen LogP) is 4.00. The number of nitro benzene ring substituents is 1. The summed E-state index contributed by atoms with van der Waals surface area (Å²) in [6.07, 6.45) is 2.31. The average Bonchev–Trinajstić information content (AvgIpc) is 2.71. The maximum Gasteiger partial charge on any atom is 0.269 e. The minimum Gasteiger partial charge on any atom is -0.489 e. The van der Waals surface area contributed by atoms with Gasteiger partial charge in [-0.15, -0.1) is 0 Å². The molecule has 0 saturated carbocycles. The molecule has 144 valence electrons. The van der Waals surface area contributed by atoms with Crippen molar-refractivity contribution in [1.82, 2.24) is 5.32 Å². The Morgan fingerprint density at radius 3 is 2.43 bits per heavy atom. The van der Waals surface area contributed by atoms with Crippen molar-refractivity contribution in [2.45, 2.75) is 32.9 Å². The van der Waals surface area contributed by atoms with Gasteiger partial charge in [0.05, 0.1) is 4.92 Å². The van der Waals surface area contributed by atoms with Gasteiger partial charge in [0.1, 0.15) is 24.0 Å². The quantitative estimate of drug-likeness (QED) is 0.323. The second-order valence-corrected chi connectivity index (χ2v) is 6.23. The van der Waals surface area contributed by atoms with Crippen LogP contribution in [0.4, 0.5) is 5.69 Å². The lowest BCUT2D eigenvalue weighted by Gasteiger charge is -2.10. The lowest BCUT2D eigenvalue weighted by molar-refractivity contribution is -0.384. The fourth-order valence-electron chi connectivity index (χ4n) is 2.26. The number of nitro groups is 1. The smallest absolute Gasteiger partial charge is 0.269 e. The van der Waals surface area contributed by atoms with Crippen molar-refractivity contribution < 1.29 is 14.5 Å². The molecule has 0 aliphatic rings. The number of carbonyl (C=O) groups is 1. The number of amides is 1. The Balaban J connectivity index is 1.99. The van der Waals surface area contributed by atoms with Crippen molar-refractivity contribution in [3.05, 3.63) is 75.3 Å². The van der Waals surface area contributed by atoms with E-state index in [4.69, 9.17) is 4.74 Å². The Morgan fingerprint density at radius 1 is 1.25 bits per heavy atom. The minimum atomic E-state index is -0.449. The number of non-ortho nitro benzene ring substituents is 1. The molecule has 0 aliphatic heterocycles. The summed E-state index contributed by atoms with van der Waals surface area (Å²) in [7, 11) is 0. The molecule has 0 unspecified atom stereocenters. The summed E-state index contributed by atoms with van der Waals surface area (Å²) < 4.78 is 5.66. The molecule has 7 nitrogen and oxygen atoms in total. The summed E-state index contributed by atoms with van der Waals surface area (Å²) in [6, 6.07) is 15.0. The van der Waals surface area contributed by atoms with E-state index in [1.165, 1.54) is 18.2 Å². The van der Waals surface area contributed by atoms with Crippen molar-refractivity contribution in [2.24, 2.45) is 0 Å². The molecular weight excluding hydrogens is 358 g/mol. The standard InChI is InChI=1S/C21H21N3O4/c1-3-15(2)23-21(25)18(13-22)12-16-6-10-20(11-7-16)28-14-17-4-8-19(9-5-17)24(26)27/h4-12,15H,3,14H2,1-2H3,(H,23,25)/b18-12+/t15-/m0/s1. The molecule has 2 aromatic carbocycles. The zero-order valence-corrected chi connectivity index (χ0v) is 15.7. The van der Waals surface area contributed by atoms with E-state index in [0.717, 1.165) is 12.0 Å². The molecule has 28 heavy (non-hydrogen) atoms. The second-order valence-electron chi connectivity index (χ2n) is 6.23. The predicted molar refractivity (Wildman–Crippen MR) is 105 cm³/mol. The lowest BCUT2D eigenvalue weighted by atomic mass is 10.1. The molecular formula is C21H21N3O4. The molecule has 1 amide bonds. The maximum atomic E-state index is 12.1. The average molecular weight is 379 g/mol. The van der Waals surface area contributed by atoms with Gasteiger partial charge in [0.15, 0.2) is 0 Å². The number of carbonyl (C=O) groups excluding carboxylic acids is 1. The van der Waals surface area contributed by atoms with Crippen LogP contribution in [0.25, 0.3) is 6.08 Å². The van der Waals surface area contributed by atoms with Crippen molar-refractivity contribution in [2.75, 3.05) is 0 Å². The molecule has 0 bridgehead atoms. The Hall–Kier alpha value is -3.66. The minimum absolute atomic E-state index is 0.000512. The Morgan fingerprint density at radius 2 is 1.89 bits per heavy atom. The van der Waals surface area contributed by atoms with Crippen LogP contribution in [0, 0.1) is 21.4 Å². The monoisotopic (exact) mass is 379 g/mol. The molecule has 0 aromatic heterocycles. The molecule has 0 saturated heterocycles. The molecule has 7 heteroatoms. The van der Waals surface area contributed by atoms with E-state index in [1.807, 2.05) is 19.9 Å². The molecule has 1 N–H and O–H groups in total. The summed E-state index contributed by atoms with van der Waals surface area (Å²) in [5, 5.41) is 22.6. The molecule has 0 radical (unpaired) electrons. The Bertz CT molecular complexity index is 897. The van der Waals surface area contributed by atoms with Gasteiger partial charge in [-0.2, -0.15) is 5.26 Å². The van der Waals surface area contributed by atoms with Crippen LogP contribution in [0.1, 0.15) is 31.4 Å². The van der Waals surface area contributed by atoms with Crippen LogP contribution in [0.2, 0.25) is 0 Å². The summed E-state index contributed by atoms with van der Waals surface area (Å²) in [4.78, 5) is 22.3. The second kappa shape index (κ2) is 9.88. The van der Waals surface area contributed by atoms with E-state index in [-0.39, 0.29) is 23.9 Å². The summed E-state index contributed by atoms with van der Waals surface area (Å²) in [5.74, 6) is 0.216. The SMILES string of the molecule is CC[C@H](C)NC(=O)/C(C#N)=C/c1ccc(OCc2ccc([N+](=O)[O-])cc2)cc1. The van der Waals surface area contributed by atoms with Crippen LogP contribution < -0.4 is 10.1 Å². The van der Waals surface area contributed by atoms with E-state index >= 15 is 0 Å². The number of ether oxygens (including phenoxy) is 1. The highest BCUT2D eigenvalue weighted by Crippen LogP contribution is 2.18. The first kappa shape index (κ1) is 20.6. The first-order valence-corrected chi connectivity index (χ1v) is 8.81. The first-order chi connectivity index (χ1) is 13.4. The topological polar surface area (TPSA) is 105 Å². The van der Waals surface area contributed by atoms with Gasteiger partial charge < -0.3 is 10.1 Å². The molecule has 2 aromatic rings. The fraction of sp³-hybridized carbons (Fsp3) is 0.238. The number of rotatable bonds is 8. The third-order valence-corrected chi connectivity index (χ3v) is 4.10. The molecule has 1 atom stereocenters. The van der Waals surface area contributed by atoms with Crippen LogP contribution in [0.15, 0.2) is 54.1 Å². The number of benzene rings is 2.